The minimum absolute atomic E-state index is 0.333. The van der Waals surface area contributed by atoms with Gasteiger partial charge < -0.3 is 15.8 Å². The Labute approximate surface area is 140 Å². The second-order valence-electron chi connectivity index (χ2n) is 4.74. The number of hydrogen-bond acceptors (Lipinski definition) is 3. The van der Waals surface area contributed by atoms with E-state index < -0.39 is 0 Å². The zero-order chi connectivity index (χ0) is 17.4. The molecule has 0 saturated carbocycles. The van der Waals surface area contributed by atoms with Gasteiger partial charge in [-0.1, -0.05) is 50.6 Å². The fourth-order valence-corrected chi connectivity index (χ4v) is 1.52. The quantitative estimate of drug-likeness (QED) is 0.766. The number of hydrogen-bond donors (Lipinski definition) is 2. The molecule has 1 aliphatic rings. The highest BCUT2D eigenvalue weighted by Gasteiger charge is 2.04. The van der Waals surface area contributed by atoms with Crippen LogP contribution in [-0.2, 0) is 9.53 Å². The molecule has 1 saturated heterocycles. The van der Waals surface area contributed by atoms with Crippen LogP contribution in [0.1, 0.15) is 33.3 Å². The molecule has 3 N–H and O–H groups in total. The summed E-state index contributed by atoms with van der Waals surface area (Å²) in [6.07, 6.45) is 0. The van der Waals surface area contributed by atoms with Crippen LogP contribution in [0, 0.1) is 12.8 Å². The number of nitrogens with one attached hydrogen (secondary N) is 1. The normalized spacial score (nSPS) is 16.4. The lowest BCUT2D eigenvalue weighted by Gasteiger charge is -2.03. The van der Waals surface area contributed by atoms with Gasteiger partial charge >= 0.3 is 0 Å². The van der Waals surface area contributed by atoms with E-state index >= 15 is 0 Å². The van der Waals surface area contributed by atoms with Gasteiger partial charge in [0.05, 0.1) is 13.2 Å². The van der Waals surface area contributed by atoms with Crippen LogP contribution in [0.3, 0.4) is 0 Å². The molecule has 0 radical (unpaired) electrons. The van der Waals surface area contributed by atoms with Gasteiger partial charge in [0.25, 0.3) is 0 Å². The van der Waals surface area contributed by atoms with Gasteiger partial charge in [-0.3, -0.25) is 4.79 Å². The Hall–Kier alpha value is -1.10. The van der Waals surface area contributed by atoms with Gasteiger partial charge in [0.2, 0.25) is 5.91 Å². The molecular weight excluding hydrogens is 300 g/mol. The lowest BCUT2D eigenvalue weighted by Crippen LogP contribution is -2.20. The molecule has 1 aliphatic heterocycles. The number of rotatable bonds is 0. The Kier molecular flexibility index (Phi) is 17.1. The molecule has 2 rings (SSSR count). The van der Waals surface area contributed by atoms with E-state index in [4.69, 9.17) is 16.3 Å². The maximum Gasteiger partial charge on any atom is 0.214 e. The Morgan fingerprint density at radius 3 is 2.36 bits per heavy atom. The van der Waals surface area contributed by atoms with Gasteiger partial charge in [-0.2, -0.15) is 0 Å². The molecule has 4 nitrogen and oxygen atoms in total. The zero-order valence-electron chi connectivity index (χ0n) is 14.5. The van der Waals surface area contributed by atoms with Crippen molar-refractivity contribution in [3.8, 4) is 0 Å². The summed E-state index contributed by atoms with van der Waals surface area (Å²) in [6.45, 7) is 13.4. The van der Waals surface area contributed by atoms with E-state index in [-0.39, 0.29) is 5.91 Å². The van der Waals surface area contributed by atoms with Gasteiger partial charge in [0.1, 0.15) is 0 Å². The minimum Gasteiger partial charge on any atom is -0.380 e. The molecular formula is C17H31ClN2O2. The van der Waals surface area contributed by atoms with Gasteiger partial charge in [-0.15, -0.1) is 0 Å². The van der Waals surface area contributed by atoms with Crippen molar-refractivity contribution in [3.63, 3.8) is 0 Å². The monoisotopic (exact) mass is 330 g/mol. The molecule has 1 heterocycles. The van der Waals surface area contributed by atoms with Crippen LogP contribution < -0.4 is 11.1 Å². The van der Waals surface area contributed by atoms with E-state index in [2.05, 4.69) is 18.0 Å². The van der Waals surface area contributed by atoms with Gasteiger partial charge in [0, 0.05) is 18.5 Å². The summed E-state index contributed by atoms with van der Waals surface area (Å²) in [6, 6.07) is 7.77. The van der Waals surface area contributed by atoms with Crippen molar-refractivity contribution in [3.05, 3.63) is 34.9 Å². The molecule has 5 heteroatoms. The van der Waals surface area contributed by atoms with Crippen LogP contribution >= 0.6 is 11.6 Å². The van der Waals surface area contributed by atoms with E-state index in [9.17, 15) is 4.79 Å². The number of aryl methyl sites for hydroxylation is 1. The van der Waals surface area contributed by atoms with Crippen molar-refractivity contribution < 1.29 is 9.53 Å². The second-order valence-corrected chi connectivity index (χ2v) is 5.15. The summed E-state index contributed by atoms with van der Waals surface area (Å²) < 4.78 is 5.24. The number of carbonyl (C=O) groups is 1. The number of nitrogens with two attached hydrogens (primary N) is 1. The van der Waals surface area contributed by atoms with E-state index in [0.717, 1.165) is 36.9 Å². The molecule has 1 aromatic rings. The Morgan fingerprint density at radius 2 is 1.91 bits per heavy atom. The highest BCUT2D eigenvalue weighted by atomic mass is 35.5. The fourth-order valence-electron chi connectivity index (χ4n) is 1.39. The number of primary amides is 1. The molecule has 1 amide bonds. The van der Waals surface area contributed by atoms with Crippen LogP contribution in [0.2, 0.25) is 5.02 Å². The van der Waals surface area contributed by atoms with Crippen molar-refractivity contribution in [1.29, 1.82) is 0 Å². The standard InChI is InChI=1S/C7H7Cl.C6H13NO.C2H5NO.C2H6/c1-6-4-2-3-5-7(6)8;1-6-4-7-2-3-8-5-6;1-2(3)4;1-2/h2-5H,1H3;6-7H,2-5H2,1H3;1H3,(H2,3,4);1-2H3. The summed E-state index contributed by atoms with van der Waals surface area (Å²) in [7, 11) is 0. The average Bonchev–Trinajstić information content (AvgIpc) is 2.72. The molecule has 1 aromatic carbocycles. The van der Waals surface area contributed by atoms with E-state index in [1.165, 1.54) is 6.92 Å². The largest absolute Gasteiger partial charge is 0.380 e. The molecule has 0 aliphatic carbocycles. The van der Waals surface area contributed by atoms with Crippen LogP contribution in [-0.4, -0.2) is 32.2 Å². The second kappa shape index (κ2) is 16.3. The third-order valence-electron chi connectivity index (χ3n) is 2.39. The summed E-state index contributed by atoms with van der Waals surface area (Å²) >= 11 is 5.71. The Morgan fingerprint density at radius 1 is 1.36 bits per heavy atom. The SMILES string of the molecule is CC.CC(N)=O.CC1CNCCOC1.Cc1ccccc1Cl. The molecule has 0 spiro atoms. The Balaban J connectivity index is 0. The molecule has 22 heavy (non-hydrogen) atoms. The maximum absolute atomic E-state index is 9.22. The fraction of sp³-hybridized carbons (Fsp3) is 0.588. The van der Waals surface area contributed by atoms with Gasteiger partial charge in [-0.05, 0) is 31.0 Å². The molecule has 128 valence electrons. The molecule has 0 bridgehead atoms. The highest BCUT2D eigenvalue weighted by molar-refractivity contribution is 6.31. The first-order valence-corrected chi connectivity index (χ1v) is 8.07. The third-order valence-corrected chi connectivity index (χ3v) is 2.82. The predicted molar refractivity (Wildman–Crippen MR) is 95.3 cm³/mol. The first-order chi connectivity index (χ1) is 10.4. The minimum atomic E-state index is -0.333. The van der Waals surface area contributed by atoms with Crippen molar-refractivity contribution in [2.75, 3.05) is 26.3 Å². The summed E-state index contributed by atoms with van der Waals surface area (Å²) in [5.74, 6) is 0.359. The summed E-state index contributed by atoms with van der Waals surface area (Å²) in [4.78, 5) is 9.22. The number of amides is 1. The first kappa shape index (κ1) is 23.2. The van der Waals surface area contributed by atoms with Crippen LogP contribution in [0.5, 0.6) is 0 Å². The van der Waals surface area contributed by atoms with Crippen LogP contribution in [0.15, 0.2) is 24.3 Å². The van der Waals surface area contributed by atoms with Crippen molar-refractivity contribution in [1.82, 2.24) is 5.32 Å². The topological polar surface area (TPSA) is 64.4 Å². The van der Waals surface area contributed by atoms with Crippen molar-refractivity contribution in [2.24, 2.45) is 11.7 Å². The lowest BCUT2D eigenvalue weighted by atomic mass is 10.2. The third kappa shape index (κ3) is 17.0. The molecule has 0 aromatic heterocycles. The molecule has 1 unspecified atom stereocenters. The predicted octanol–water partition coefficient (Wildman–Crippen LogP) is 3.41. The molecule has 1 fully saturated rings. The smallest absolute Gasteiger partial charge is 0.214 e. The highest BCUT2D eigenvalue weighted by Crippen LogP contribution is 2.11. The average molecular weight is 331 g/mol. The van der Waals surface area contributed by atoms with Gasteiger partial charge in [-0.25, -0.2) is 0 Å². The van der Waals surface area contributed by atoms with Gasteiger partial charge in [0.15, 0.2) is 0 Å². The maximum atomic E-state index is 9.22. The number of benzene rings is 1. The van der Waals surface area contributed by atoms with Crippen molar-refractivity contribution in [2.45, 2.75) is 34.6 Å². The zero-order valence-corrected chi connectivity index (χ0v) is 15.2. The van der Waals surface area contributed by atoms with E-state index in [0.29, 0.717) is 5.92 Å². The number of carbonyl (C=O) groups excluding carboxylic acids is 1. The van der Waals surface area contributed by atoms with E-state index in [1.54, 1.807) is 0 Å². The van der Waals surface area contributed by atoms with E-state index in [1.807, 2.05) is 45.0 Å². The number of halogens is 1. The number of ether oxygens (including phenoxy) is 1. The van der Waals surface area contributed by atoms with Crippen LogP contribution in [0.4, 0.5) is 0 Å². The first-order valence-electron chi connectivity index (χ1n) is 7.69. The van der Waals surface area contributed by atoms with Crippen LogP contribution in [0.25, 0.3) is 0 Å². The molecule has 1 atom stereocenters. The Bertz CT molecular complexity index is 354. The summed E-state index contributed by atoms with van der Waals surface area (Å²) in [5, 5.41) is 4.11. The summed E-state index contributed by atoms with van der Waals surface area (Å²) in [5.41, 5.74) is 5.61. The van der Waals surface area contributed by atoms with Crippen molar-refractivity contribution >= 4 is 17.5 Å². The lowest BCUT2D eigenvalue weighted by molar-refractivity contribution is -0.115.